The number of anilines is 2. The quantitative estimate of drug-likeness (QED) is 0.447. The van der Waals surface area contributed by atoms with Gasteiger partial charge in [0.1, 0.15) is 22.7 Å². The van der Waals surface area contributed by atoms with Gasteiger partial charge in [-0.15, -0.1) is 0 Å². The molecule has 0 saturated carbocycles. The van der Waals surface area contributed by atoms with Crippen LogP contribution in [-0.2, 0) is 17.9 Å². The van der Waals surface area contributed by atoms with E-state index in [9.17, 15) is 4.55 Å². The van der Waals surface area contributed by atoms with Crippen LogP contribution in [0.1, 0.15) is 11.3 Å². The van der Waals surface area contributed by atoms with E-state index in [-0.39, 0.29) is 0 Å². The van der Waals surface area contributed by atoms with E-state index in [4.69, 9.17) is 11.6 Å². The summed E-state index contributed by atoms with van der Waals surface area (Å²) in [6.45, 7) is 2.54. The molecule has 3 heterocycles. The Kier molecular flexibility index (Phi) is 5.73. The molecule has 0 bridgehead atoms. The maximum atomic E-state index is 13.2. The molecule has 0 aliphatic rings. The molecule has 1 aromatic carbocycles. The van der Waals surface area contributed by atoms with Gasteiger partial charge in [-0.1, -0.05) is 17.7 Å². The number of fused-ring (bicyclic) bond motifs is 1. The van der Waals surface area contributed by atoms with Crippen LogP contribution in [0.4, 0.5) is 11.5 Å². The van der Waals surface area contributed by atoms with Crippen LogP contribution < -0.4 is 10.6 Å². The summed E-state index contributed by atoms with van der Waals surface area (Å²) < 4.78 is 15.0. The van der Waals surface area contributed by atoms with Crippen molar-refractivity contribution in [3.8, 4) is 0 Å². The largest absolute Gasteiger partial charge is 0.587 e. The molecular weight excluding hydrogens is 406 g/mol. The summed E-state index contributed by atoms with van der Waals surface area (Å²) in [6, 6.07) is 13.3. The van der Waals surface area contributed by atoms with Crippen molar-refractivity contribution in [2.75, 3.05) is 12.4 Å². The third-order valence-electron chi connectivity index (χ3n) is 4.53. The average Bonchev–Trinajstić information content (AvgIpc) is 3.09. The monoisotopic (exact) mass is 425 g/mol. The second kappa shape index (κ2) is 8.42. The first kappa shape index (κ1) is 19.7. The van der Waals surface area contributed by atoms with Crippen LogP contribution in [-0.4, -0.2) is 25.5 Å². The second-order valence-electron chi connectivity index (χ2n) is 6.57. The van der Waals surface area contributed by atoms with E-state index >= 15 is 0 Å². The molecule has 1 atom stereocenters. The zero-order valence-electron chi connectivity index (χ0n) is 16.0. The predicted octanol–water partition coefficient (Wildman–Crippen LogP) is 4.43. The van der Waals surface area contributed by atoms with Crippen molar-refractivity contribution in [1.82, 2.24) is 19.3 Å². The molecule has 3 aromatic heterocycles. The average molecular weight is 426 g/mol. The lowest BCUT2D eigenvalue weighted by molar-refractivity contribution is 0.587. The zero-order chi connectivity index (χ0) is 20.4. The minimum atomic E-state index is -1.40. The molecule has 0 aliphatic heterocycles. The van der Waals surface area contributed by atoms with Crippen LogP contribution in [0.3, 0.4) is 0 Å². The van der Waals surface area contributed by atoms with Gasteiger partial charge in [0.25, 0.3) is 0 Å². The number of benzene rings is 1. The van der Waals surface area contributed by atoms with Gasteiger partial charge in [0.15, 0.2) is 4.90 Å². The topological polar surface area (TPSA) is 77.8 Å². The molecule has 148 valence electrons. The van der Waals surface area contributed by atoms with Crippen LogP contribution in [0, 0.1) is 6.92 Å². The van der Waals surface area contributed by atoms with Crippen molar-refractivity contribution < 1.29 is 4.55 Å². The number of hydrogen-bond donors (Lipinski definition) is 2. The van der Waals surface area contributed by atoms with Gasteiger partial charge in [-0.2, -0.15) is 3.97 Å². The van der Waals surface area contributed by atoms with Crippen LogP contribution in [0.25, 0.3) is 10.9 Å². The molecule has 2 N–H and O–H groups in total. The van der Waals surface area contributed by atoms with Gasteiger partial charge in [-0.25, -0.2) is 4.98 Å². The highest BCUT2D eigenvalue weighted by molar-refractivity contribution is 7.90. The molecule has 4 rings (SSSR count). The summed E-state index contributed by atoms with van der Waals surface area (Å²) >= 11 is 4.67. The molecule has 0 aliphatic carbocycles. The fourth-order valence-electron chi connectivity index (χ4n) is 3.14. The van der Waals surface area contributed by atoms with Crippen molar-refractivity contribution in [3.63, 3.8) is 0 Å². The van der Waals surface area contributed by atoms with Crippen molar-refractivity contribution >= 4 is 45.4 Å². The van der Waals surface area contributed by atoms with Gasteiger partial charge in [-0.3, -0.25) is 4.98 Å². The fraction of sp³-hybridized carbons (Fsp3) is 0.143. The minimum Gasteiger partial charge on any atom is -0.587 e. The first-order valence-electron chi connectivity index (χ1n) is 9.08. The molecule has 29 heavy (non-hydrogen) atoms. The smallest absolute Gasteiger partial charge is 0.198 e. The number of aryl methyl sites for hydroxylation is 1. The van der Waals surface area contributed by atoms with Gasteiger partial charge >= 0.3 is 0 Å². The number of hydrogen-bond acceptors (Lipinski definition) is 5. The second-order valence-corrected chi connectivity index (χ2v) is 8.34. The van der Waals surface area contributed by atoms with E-state index in [1.165, 1.54) is 0 Å². The highest BCUT2D eigenvalue weighted by atomic mass is 35.5. The summed E-state index contributed by atoms with van der Waals surface area (Å²) in [4.78, 5) is 9.20. The number of aromatic nitrogens is 3. The third kappa shape index (κ3) is 4.09. The number of nitrogens with one attached hydrogen (secondary N) is 2. The Morgan fingerprint density at radius 3 is 2.79 bits per heavy atom. The Bertz CT molecular complexity index is 1150. The van der Waals surface area contributed by atoms with Crippen LogP contribution in [0.2, 0.25) is 5.02 Å². The van der Waals surface area contributed by atoms with Gasteiger partial charge in [-0.05, 0) is 55.9 Å². The molecule has 1 unspecified atom stereocenters. The van der Waals surface area contributed by atoms with E-state index in [2.05, 4.69) is 20.6 Å². The standard InChI is InChI=1S/C21H20ClN5OS/c1-14-19(22)7-8-21(25-14)26-16-5-6-18-15(11-23-2)13-27(20(18)10-16)29(28)17-4-3-9-24-12-17/h3-10,12-13,23H,11H2,1-2H3,(H,25,26). The first-order valence-corrected chi connectivity index (χ1v) is 10.6. The number of rotatable bonds is 6. The highest BCUT2D eigenvalue weighted by Gasteiger charge is 2.20. The van der Waals surface area contributed by atoms with Crippen LogP contribution >= 0.6 is 11.6 Å². The van der Waals surface area contributed by atoms with Crippen molar-refractivity contribution in [3.05, 3.63) is 77.3 Å². The van der Waals surface area contributed by atoms with Crippen molar-refractivity contribution in [2.45, 2.75) is 18.4 Å². The maximum absolute atomic E-state index is 13.2. The fourth-order valence-corrected chi connectivity index (χ4v) is 4.37. The number of halogens is 1. The molecule has 0 radical (unpaired) electrons. The van der Waals surface area contributed by atoms with E-state index in [0.29, 0.717) is 22.3 Å². The molecule has 0 spiro atoms. The third-order valence-corrected chi connectivity index (χ3v) is 6.23. The maximum Gasteiger partial charge on any atom is 0.198 e. The van der Waals surface area contributed by atoms with E-state index in [1.807, 2.05) is 56.6 Å². The SMILES string of the molecule is CNCc1cn([S+]([O-])c2cccnc2)c2cc(Nc3ccc(Cl)c(C)n3)ccc12. The summed E-state index contributed by atoms with van der Waals surface area (Å²) in [5.74, 6) is 0.702. The van der Waals surface area contributed by atoms with Gasteiger partial charge < -0.3 is 15.2 Å². The van der Waals surface area contributed by atoms with Crippen LogP contribution in [0.5, 0.6) is 0 Å². The number of nitrogens with zero attached hydrogens (tertiary/aromatic N) is 3. The molecule has 6 nitrogen and oxygen atoms in total. The predicted molar refractivity (Wildman–Crippen MR) is 118 cm³/mol. The lowest BCUT2D eigenvalue weighted by Gasteiger charge is -2.12. The van der Waals surface area contributed by atoms with Crippen LogP contribution in [0.15, 0.2) is 66.0 Å². The Labute approximate surface area is 177 Å². The van der Waals surface area contributed by atoms with Gasteiger partial charge in [0, 0.05) is 23.8 Å². The molecular formula is C21H20ClN5OS. The summed E-state index contributed by atoms with van der Waals surface area (Å²) in [5, 5.41) is 8.14. The Morgan fingerprint density at radius 2 is 2.07 bits per heavy atom. The highest BCUT2D eigenvalue weighted by Crippen LogP contribution is 2.29. The first-order chi connectivity index (χ1) is 14.1. The Hall–Kier alpha value is -2.58. The lowest BCUT2D eigenvalue weighted by Crippen LogP contribution is -2.12. The van der Waals surface area contributed by atoms with Crippen molar-refractivity contribution in [1.29, 1.82) is 0 Å². The summed E-state index contributed by atoms with van der Waals surface area (Å²) in [6.07, 6.45) is 5.23. The normalized spacial score (nSPS) is 12.3. The lowest BCUT2D eigenvalue weighted by atomic mass is 10.1. The zero-order valence-corrected chi connectivity index (χ0v) is 17.6. The van der Waals surface area contributed by atoms with E-state index < -0.39 is 11.4 Å². The van der Waals surface area contributed by atoms with E-state index in [0.717, 1.165) is 27.8 Å². The molecule has 0 saturated heterocycles. The van der Waals surface area contributed by atoms with Gasteiger partial charge in [0.05, 0.1) is 23.1 Å². The van der Waals surface area contributed by atoms with E-state index in [1.54, 1.807) is 22.4 Å². The molecule has 4 aromatic rings. The summed E-state index contributed by atoms with van der Waals surface area (Å²) in [7, 11) is 1.89. The summed E-state index contributed by atoms with van der Waals surface area (Å²) in [5.41, 5.74) is 3.56. The number of pyridine rings is 2. The minimum absolute atomic E-state index is 0.628. The molecule has 0 amide bonds. The Morgan fingerprint density at radius 1 is 1.21 bits per heavy atom. The van der Waals surface area contributed by atoms with Gasteiger partial charge in [0.2, 0.25) is 0 Å². The van der Waals surface area contributed by atoms with Crippen molar-refractivity contribution in [2.24, 2.45) is 0 Å². The Balaban J connectivity index is 1.76. The molecule has 0 fully saturated rings. The molecule has 8 heteroatoms.